The molecule has 6 atom stereocenters. The van der Waals surface area contributed by atoms with E-state index in [1.54, 1.807) is 16.2 Å². The normalized spacial score (nSPS) is 28.2. The van der Waals surface area contributed by atoms with Crippen LogP contribution in [0.25, 0.3) is 0 Å². The van der Waals surface area contributed by atoms with E-state index < -0.39 is 6.10 Å². The molecule has 1 fully saturated rings. The Kier molecular flexibility index (Phi) is 7.88. The van der Waals surface area contributed by atoms with E-state index >= 15 is 0 Å². The Morgan fingerprint density at radius 3 is 2.67 bits per heavy atom. The van der Waals surface area contributed by atoms with E-state index in [0.717, 1.165) is 35.4 Å². The summed E-state index contributed by atoms with van der Waals surface area (Å²) in [5, 5.41) is 15.3. The Hall–Kier alpha value is -2.29. The van der Waals surface area contributed by atoms with Crippen molar-refractivity contribution in [2.24, 2.45) is 23.2 Å². The van der Waals surface area contributed by atoms with Gasteiger partial charge < -0.3 is 14.9 Å². The Balaban J connectivity index is 1.49. The molecular formula is C28H41N4O3S+. The molecule has 1 aromatic carbocycles. The molecule has 0 unspecified atom stereocenters. The fraction of sp³-hybridized carbons (Fsp3) is 0.607. The zero-order valence-electron chi connectivity index (χ0n) is 22.4. The molecule has 7 nitrogen and oxygen atoms in total. The van der Waals surface area contributed by atoms with Gasteiger partial charge in [0.25, 0.3) is 5.91 Å². The number of carbonyl (C=O) groups excluding carboxylic acids is 2. The summed E-state index contributed by atoms with van der Waals surface area (Å²) in [5.41, 5.74) is 2.04. The quantitative estimate of drug-likeness (QED) is 0.531. The van der Waals surface area contributed by atoms with Crippen LogP contribution in [0.3, 0.4) is 0 Å². The molecule has 4 rings (SSSR count). The monoisotopic (exact) mass is 513 g/mol. The number of hydrogen-bond donors (Lipinski definition) is 3. The smallest absolute Gasteiger partial charge is 0.281 e. The molecule has 0 spiro atoms. The van der Waals surface area contributed by atoms with Crippen molar-refractivity contribution in [1.82, 2.24) is 9.88 Å². The summed E-state index contributed by atoms with van der Waals surface area (Å²) in [4.78, 5) is 34.5. The van der Waals surface area contributed by atoms with Gasteiger partial charge in [0.2, 0.25) is 5.91 Å². The van der Waals surface area contributed by atoms with Crippen molar-refractivity contribution in [3.8, 4) is 0 Å². The van der Waals surface area contributed by atoms with Crippen LogP contribution in [0.4, 0.5) is 5.13 Å². The number of thiazole rings is 1. The van der Waals surface area contributed by atoms with Crippen LogP contribution in [-0.4, -0.2) is 60.6 Å². The summed E-state index contributed by atoms with van der Waals surface area (Å²) in [5.74, 6) is -0.219. The minimum atomic E-state index is -0.576. The van der Waals surface area contributed by atoms with Gasteiger partial charge in [0.05, 0.1) is 25.9 Å². The number of amides is 2. The average molecular weight is 514 g/mol. The van der Waals surface area contributed by atoms with Crippen LogP contribution in [0.1, 0.15) is 55.7 Å². The molecule has 2 aliphatic carbocycles. The highest BCUT2D eigenvalue weighted by molar-refractivity contribution is 7.15. The standard InChI is InChI=1S/C28H40N4O3S/c1-17(26(35)32(6)15-19-10-8-7-9-11-19)20-12-13-28(3)14-21-24(18(2)23(28)25(20)34)30-27(36-21)29-22(33)16-31(4)5/h7-11,17-18,20,23,25,34H,12-16H2,1-6H3,(H,29,30,33)/p+1/t17-,18-,20+,23+,25-,28-/m0/s1. The highest BCUT2D eigenvalue weighted by atomic mass is 32.1. The number of aromatic nitrogens is 1. The lowest BCUT2D eigenvalue weighted by atomic mass is 9.53. The zero-order chi connectivity index (χ0) is 26.2. The number of aliphatic hydroxyl groups excluding tert-OH is 1. The van der Waals surface area contributed by atoms with E-state index in [4.69, 9.17) is 4.98 Å². The number of fused-ring (bicyclic) bond motifs is 2. The van der Waals surface area contributed by atoms with Crippen LogP contribution in [-0.2, 0) is 22.6 Å². The summed E-state index contributed by atoms with van der Waals surface area (Å²) in [6.45, 7) is 7.36. The maximum Gasteiger partial charge on any atom is 0.281 e. The lowest BCUT2D eigenvalue weighted by Crippen LogP contribution is -3.06. The van der Waals surface area contributed by atoms with Crippen molar-refractivity contribution in [3.63, 3.8) is 0 Å². The SMILES string of the molecule is C[C@H](C(=O)N(C)Cc1ccccc1)[C@H]1CC[C@@]2(C)Cc3sc(NC(=O)C[NH+](C)C)nc3[C@@H](C)[C@@H]2[C@H]1O. The summed E-state index contributed by atoms with van der Waals surface area (Å²) >= 11 is 1.57. The van der Waals surface area contributed by atoms with Gasteiger partial charge in [0, 0.05) is 30.3 Å². The maximum absolute atomic E-state index is 13.4. The first kappa shape index (κ1) is 26.8. The number of quaternary nitrogens is 1. The number of hydrogen-bond acceptors (Lipinski definition) is 5. The van der Waals surface area contributed by atoms with Crippen LogP contribution in [0.2, 0.25) is 0 Å². The van der Waals surface area contributed by atoms with Gasteiger partial charge >= 0.3 is 0 Å². The van der Waals surface area contributed by atoms with Gasteiger partial charge in [0.1, 0.15) is 0 Å². The molecule has 0 bridgehead atoms. The van der Waals surface area contributed by atoms with E-state index in [2.05, 4.69) is 19.2 Å². The molecule has 196 valence electrons. The van der Waals surface area contributed by atoms with Gasteiger partial charge in [-0.3, -0.25) is 14.9 Å². The fourth-order valence-corrected chi connectivity index (χ4v) is 7.83. The van der Waals surface area contributed by atoms with E-state index in [0.29, 0.717) is 18.2 Å². The molecule has 0 saturated heterocycles. The number of aliphatic hydroxyl groups is 1. The molecule has 1 heterocycles. The molecule has 2 amide bonds. The summed E-state index contributed by atoms with van der Waals surface area (Å²) in [6.07, 6.45) is 2.07. The van der Waals surface area contributed by atoms with Gasteiger partial charge in [-0.05, 0) is 42.1 Å². The van der Waals surface area contributed by atoms with Gasteiger partial charge in [-0.25, -0.2) is 4.98 Å². The number of nitrogens with zero attached hydrogens (tertiary/aromatic N) is 2. The highest BCUT2D eigenvalue weighted by Crippen LogP contribution is 2.57. The molecule has 0 radical (unpaired) electrons. The third-order valence-electron chi connectivity index (χ3n) is 8.35. The van der Waals surface area contributed by atoms with Crippen LogP contribution >= 0.6 is 11.3 Å². The third-order valence-corrected chi connectivity index (χ3v) is 9.34. The van der Waals surface area contributed by atoms with Gasteiger partial charge in [-0.2, -0.15) is 0 Å². The number of anilines is 1. The van der Waals surface area contributed by atoms with Crippen LogP contribution in [0, 0.1) is 23.2 Å². The van der Waals surface area contributed by atoms with Crippen LogP contribution in [0.5, 0.6) is 0 Å². The van der Waals surface area contributed by atoms with E-state index in [1.807, 2.05) is 58.4 Å². The van der Waals surface area contributed by atoms with Crippen molar-refractivity contribution in [2.45, 2.75) is 58.6 Å². The Labute approximate surface area is 218 Å². The first-order chi connectivity index (χ1) is 17.0. The largest absolute Gasteiger partial charge is 0.392 e. The van der Waals surface area contributed by atoms with E-state index in [-0.39, 0.29) is 40.9 Å². The van der Waals surface area contributed by atoms with Gasteiger partial charge in [-0.1, -0.05) is 51.1 Å². The minimum absolute atomic E-state index is 0.0234. The second-order valence-electron chi connectivity index (χ2n) is 11.6. The molecule has 1 saturated carbocycles. The summed E-state index contributed by atoms with van der Waals surface area (Å²) < 4.78 is 0. The van der Waals surface area contributed by atoms with Crippen LogP contribution < -0.4 is 10.2 Å². The number of rotatable bonds is 7. The Morgan fingerprint density at radius 1 is 1.31 bits per heavy atom. The Morgan fingerprint density at radius 2 is 2.00 bits per heavy atom. The topological polar surface area (TPSA) is 87.0 Å². The lowest BCUT2D eigenvalue weighted by molar-refractivity contribution is -0.849. The molecule has 0 aliphatic heterocycles. The second-order valence-corrected chi connectivity index (χ2v) is 12.7. The minimum Gasteiger partial charge on any atom is -0.392 e. The molecular weight excluding hydrogens is 472 g/mol. The maximum atomic E-state index is 13.4. The number of carbonyl (C=O) groups is 2. The van der Waals surface area contributed by atoms with E-state index in [1.165, 1.54) is 4.88 Å². The highest BCUT2D eigenvalue weighted by Gasteiger charge is 2.54. The molecule has 2 aromatic rings. The van der Waals surface area contributed by atoms with E-state index in [9.17, 15) is 14.7 Å². The molecule has 1 aromatic heterocycles. The summed E-state index contributed by atoms with van der Waals surface area (Å²) in [7, 11) is 5.75. The van der Waals surface area contributed by atoms with Crippen molar-refractivity contribution in [3.05, 3.63) is 46.5 Å². The van der Waals surface area contributed by atoms with Crippen molar-refractivity contribution in [2.75, 3.05) is 33.0 Å². The number of nitrogens with one attached hydrogen (secondary N) is 2. The van der Waals surface area contributed by atoms with Crippen molar-refractivity contribution < 1.29 is 19.6 Å². The average Bonchev–Trinajstić information content (AvgIpc) is 3.20. The second kappa shape index (κ2) is 10.6. The molecule has 2 aliphatic rings. The molecule has 3 N–H and O–H groups in total. The van der Waals surface area contributed by atoms with Crippen molar-refractivity contribution >= 4 is 28.3 Å². The molecule has 8 heteroatoms. The summed E-state index contributed by atoms with van der Waals surface area (Å²) in [6, 6.07) is 10.0. The Bertz CT molecular complexity index is 1090. The predicted octanol–water partition coefficient (Wildman–Crippen LogP) is 2.57. The predicted molar refractivity (Wildman–Crippen MR) is 143 cm³/mol. The van der Waals surface area contributed by atoms with Crippen LogP contribution in [0.15, 0.2) is 30.3 Å². The van der Waals surface area contributed by atoms with Gasteiger partial charge in [0.15, 0.2) is 11.7 Å². The first-order valence-corrected chi connectivity index (χ1v) is 13.9. The lowest BCUT2D eigenvalue weighted by Gasteiger charge is -2.53. The van der Waals surface area contributed by atoms with Gasteiger partial charge in [-0.15, -0.1) is 11.3 Å². The number of benzene rings is 1. The first-order valence-electron chi connectivity index (χ1n) is 13.1. The zero-order valence-corrected chi connectivity index (χ0v) is 23.2. The number of likely N-dealkylation sites (N-methyl/N-ethyl adjacent to an activating group) is 1. The third kappa shape index (κ3) is 5.36. The molecule has 36 heavy (non-hydrogen) atoms. The fourth-order valence-electron chi connectivity index (χ4n) is 6.55. The van der Waals surface area contributed by atoms with Crippen molar-refractivity contribution in [1.29, 1.82) is 0 Å².